The van der Waals surface area contributed by atoms with Gasteiger partial charge in [0.05, 0.1) is 6.61 Å². The Kier molecular flexibility index (Phi) is 5.83. The lowest BCUT2D eigenvalue weighted by Crippen LogP contribution is -2.24. The fourth-order valence-corrected chi connectivity index (χ4v) is 2.04. The lowest BCUT2D eigenvalue weighted by atomic mass is 10.2. The van der Waals surface area contributed by atoms with Crippen LogP contribution in [0.15, 0.2) is 48.5 Å². The first-order chi connectivity index (χ1) is 10.6. The second-order valence-corrected chi connectivity index (χ2v) is 5.25. The van der Waals surface area contributed by atoms with E-state index in [9.17, 15) is 4.79 Å². The number of hydrogen-bond donors (Lipinski definition) is 2. The number of carbonyl (C=O) groups is 1. The Morgan fingerprint density at radius 2 is 1.91 bits per heavy atom. The zero-order chi connectivity index (χ0) is 15.8. The van der Waals surface area contributed by atoms with E-state index in [1.54, 1.807) is 24.3 Å². The molecule has 22 heavy (non-hydrogen) atoms. The van der Waals surface area contributed by atoms with Crippen molar-refractivity contribution in [2.75, 3.05) is 18.9 Å². The van der Waals surface area contributed by atoms with Gasteiger partial charge in [0.25, 0.3) is 5.91 Å². The Bertz CT molecular complexity index is 609. The average molecular weight is 298 g/mol. The number of hydrogen-bond acceptors (Lipinski definition) is 3. The summed E-state index contributed by atoms with van der Waals surface area (Å²) in [4.78, 5) is 11.9. The number of aryl methyl sites for hydroxylation is 1. The fraction of sp³-hybridized carbons (Fsp3) is 0.278. The Morgan fingerprint density at radius 3 is 2.64 bits per heavy atom. The number of nitrogen functional groups attached to an aromatic ring is 1. The molecule has 2 aromatic carbocycles. The van der Waals surface area contributed by atoms with Crippen molar-refractivity contribution in [2.24, 2.45) is 0 Å². The predicted molar refractivity (Wildman–Crippen MR) is 89.1 cm³/mol. The van der Waals surface area contributed by atoms with Crippen LogP contribution < -0.4 is 15.8 Å². The topological polar surface area (TPSA) is 64.3 Å². The number of nitrogens with one attached hydrogen (secondary N) is 1. The van der Waals surface area contributed by atoms with Crippen LogP contribution in [0.25, 0.3) is 0 Å². The number of amides is 1. The maximum absolute atomic E-state index is 11.9. The summed E-state index contributed by atoms with van der Waals surface area (Å²) in [6.45, 7) is 3.33. The molecule has 0 spiro atoms. The van der Waals surface area contributed by atoms with Crippen molar-refractivity contribution in [3.05, 3.63) is 59.7 Å². The smallest absolute Gasteiger partial charge is 0.251 e. The van der Waals surface area contributed by atoms with Gasteiger partial charge in [-0.1, -0.05) is 23.8 Å². The minimum atomic E-state index is -0.0910. The molecule has 0 aliphatic heterocycles. The highest BCUT2D eigenvalue weighted by molar-refractivity contribution is 5.94. The Morgan fingerprint density at radius 1 is 1.14 bits per heavy atom. The summed E-state index contributed by atoms with van der Waals surface area (Å²) < 4.78 is 5.64. The molecule has 0 atom stereocenters. The highest BCUT2D eigenvalue weighted by atomic mass is 16.5. The van der Waals surface area contributed by atoms with Gasteiger partial charge in [0.2, 0.25) is 0 Å². The number of nitrogens with two attached hydrogens (primary N) is 1. The van der Waals surface area contributed by atoms with Gasteiger partial charge in [-0.05, 0) is 50.1 Å². The van der Waals surface area contributed by atoms with Crippen molar-refractivity contribution >= 4 is 11.6 Å². The zero-order valence-electron chi connectivity index (χ0n) is 12.8. The monoisotopic (exact) mass is 298 g/mol. The van der Waals surface area contributed by atoms with Crippen LogP contribution in [0.2, 0.25) is 0 Å². The van der Waals surface area contributed by atoms with E-state index >= 15 is 0 Å². The van der Waals surface area contributed by atoms with E-state index in [0.29, 0.717) is 24.4 Å². The van der Waals surface area contributed by atoms with Gasteiger partial charge >= 0.3 is 0 Å². The van der Waals surface area contributed by atoms with Crippen molar-refractivity contribution in [1.82, 2.24) is 5.32 Å². The number of carbonyl (C=O) groups excluding carboxylic acids is 1. The molecular formula is C18H22N2O2. The average Bonchev–Trinajstić information content (AvgIpc) is 2.52. The molecule has 0 aromatic heterocycles. The molecule has 1 amide bonds. The first kappa shape index (κ1) is 15.9. The maximum Gasteiger partial charge on any atom is 0.251 e. The van der Waals surface area contributed by atoms with Crippen LogP contribution in [-0.4, -0.2) is 19.1 Å². The summed E-state index contributed by atoms with van der Waals surface area (Å²) in [7, 11) is 0. The van der Waals surface area contributed by atoms with Crippen molar-refractivity contribution in [2.45, 2.75) is 19.8 Å². The van der Waals surface area contributed by atoms with E-state index < -0.39 is 0 Å². The summed E-state index contributed by atoms with van der Waals surface area (Å²) >= 11 is 0. The molecule has 0 heterocycles. The number of benzene rings is 2. The third-order valence-electron chi connectivity index (χ3n) is 3.30. The third-order valence-corrected chi connectivity index (χ3v) is 3.30. The molecule has 116 valence electrons. The highest BCUT2D eigenvalue weighted by Gasteiger charge is 2.04. The van der Waals surface area contributed by atoms with Crippen LogP contribution in [0.3, 0.4) is 0 Å². The fourth-order valence-electron chi connectivity index (χ4n) is 2.04. The second kappa shape index (κ2) is 8.08. The SMILES string of the molecule is Cc1ccc(OCCCCNC(=O)c2cccc(N)c2)cc1. The van der Waals surface area contributed by atoms with Crippen LogP contribution in [-0.2, 0) is 0 Å². The first-order valence-electron chi connectivity index (χ1n) is 7.48. The number of anilines is 1. The predicted octanol–water partition coefficient (Wildman–Crippen LogP) is 3.17. The summed E-state index contributed by atoms with van der Waals surface area (Å²) in [6.07, 6.45) is 1.77. The van der Waals surface area contributed by atoms with Crippen molar-refractivity contribution in [3.63, 3.8) is 0 Å². The highest BCUT2D eigenvalue weighted by Crippen LogP contribution is 2.11. The van der Waals surface area contributed by atoms with Gasteiger partial charge in [-0.2, -0.15) is 0 Å². The number of unbranched alkanes of at least 4 members (excludes halogenated alkanes) is 1. The van der Waals surface area contributed by atoms with Gasteiger partial charge in [-0.25, -0.2) is 0 Å². The standard InChI is InChI=1S/C18H22N2O2/c1-14-7-9-17(10-8-14)22-12-3-2-11-20-18(21)15-5-4-6-16(19)13-15/h4-10,13H,2-3,11-12,19H2,1H3,(H,20,21). The van der Waals surface area contributed by atoms with Crippen molar-refractivity contribution in [3.8, 4) is 5.75 Å². The van der Waals surface area contributed by atoms with E-state index in [-0.39, 0.29) is 5.91 Å². The van der Waals surface area contributed by atoms with Gasteiger partial charge in [-0.15, -0.1) is 0 Å². The molecular weight excluding hydrogens is 276 g/mol. The first-order valence-corrected chi connectivity index (χ1v) is 7.48. The largest absolute Gasteiger partial charge is 0.494 e. The molecule has 2 rings (SSSR count). The van der Waals surface area contributed by atoms with Crippen LogP contribution in [0.5, 0.6) is 5.75 Å². The molecule has 0 saturated heterocycles. The van der Waals surface area contributed by atoms with Crippen molar-refractivity contribution in [1.29, 1.82) is 0 Å². The third kappa shape index (κ3) is 5.13. The van der Waals surface area contributed by atoms with Gasteiger partial charge in [0.15, 0.2) is 0 Å². The molecule has 3 N–H and O–H groups in total. The van der Waals surface area contributed by atoms with Crippen LogP contribution in [0.4, 0.5) is 5.69 Å². The molecule has 0 saturated carbocycles. The molecule has 0 radical (unpaired) electrons. The summed E-state index contributed by atoms with van der Waals surface area (Å²) in [5, 5.41) is 2.88. The van der Waals surface area contributed by atoms with Crippen molar-refractivity contribution < 1.29 is 9.53 Å². The van der Waals surface area contributed by atoms with Crippen LogP contribution in [0, 0.1) is 6.92 Å². The molecule has 0 bridgehead atoms. The van der Waals surface area contributed by atoms with E-state index in [1.165, 1.54) is 5.56 Å². The molecule has 0 fully saturated rings. The molecule has 0 aliphatic carbocycles. The van der Waals surface area contributed by atoms with Crippen LogP contribution >= 0.6 is 0 Å². The summed E-state index contributed by atoms with van der Waals surface area (Å²) in [5.41, 5.74) is 8.07. The minimum Gasteiger partial charge on any atom is -0.494 e. The molecule has 4 heteroatoms. The number of ether oxygens (including phenoxy) is 1. The van der Waals surface area contributed by atoms with Gasteiger partial charge in [0.1, 0.15) is 5.75 Å². The summed E-state index contributed by atoms with van der Waals surface area (Å²) in [6, 6.07) is 15.0. The summed E-state index contributed by atoms with van der Waals surface area (Å²) in [5.74, 6) is 0.793. The zero-order valence-corrected chi connectivity index (χ0v) is 12.8. The molecule has 2 aromatic rings. The number of rotatable bonds is 7. The second-order valence-electron chi connectivity index (χ2n) is 5.25. The maximum atomic E-state index is 11.9. The lowest BCUT2D eigenvalue weighted by molar-refractivity contribution is 0.0952. The Labute approximate surface area is 131 Å². The van der Waals surface area contributed by atoms with E-state index in [0.717, 1.165) is 18.6 Å². The van der Waals surface area contributed by atoms with Gasteiger partial charge in [-0.3, -0.25) is 4.79 Å². The van der Waals surface area contributed by atoms with E-state index in [2.05, 4.69) is 5.32 Å². The Hall–Kier alpha value is -2.49. The van der Waals surface area contributed by atoms with E-state index in [4.69, 9.17) is 10.5 Å². The lowest BCUT2D eigenvalue weighted by Gasteiger charge is -2.08. The quantitative estimate of drug-likeness (QED) is 0.609. The normalized spacial score (nSPS) is 10.2. The molecule has 0 unspecified atom stereocenters. The molecule has 0 aliphatic rings. The van der Waals surface area contributed by atoms with E-state index in [1.807, 2.05) is 31.2 Å². The van der Waals surface area contributed by atoms with Gasteiger partial charge in [0, 0.05) is 17.8 Å². The van der Waals surface area contributed by atoms with Gasteiger partial charge < -0.3 is 15.8 Å². The Balaban J connectivity index is 1.61. The molecule has 4 nitrogen and oxygen atoms in total. The van der Waals surface area contributed by atoms with Crippen LogP contribution in [0.1, 0.15) is 28.8 Å². The minimum absolute atomic E-state index is 0.0910.